The first-order valence-electron chi connectivity index (χ1n) is 4.95. The Kier molecular flexibility index (Phi) is 7.32. The van der Waals surface area contributed by atoms with Gasteiger partial charge in [-0.2, -0.15) is 0 Å². The second-order valence-electron chi connectivity index (χ2n) is 3.04. The maximum Gasteiger partial charge on any atom is -0.00775 e. The van der Waals surface area contributed by atoms with Crippen molar-refractivity contribution in [3.63, 3.8) is 0 Å². The molecule has 0 unspecified atom stereocenters. The van der Waals surface area contributed by atoms with E-state index in [1.54, 1.807) is 0 Å². The minimum Gasteiger partial charge on any atom is -0.317 e. The highest BCUT2D eigenvalue weighted by molar-refractivity contribution is 5.23. The van der Waals surface area contributed by atoms with Gasteiger partial charge in [0.25, 0.3) is 0 Å². The van der Waals surface area contributed by atoms with Gasteiger partial charge in [0, 0.05) is 0 Å². The van der Waals surface area contributed by atoms with Gasteiger partial charge in [-0.05, 0) is 38.1 Å². The van der Waals surface area contributed by atoms with Crippen molar-refractivity contribution in [2.75, 3.05) is 13.1 Å². The summed E-state index contributed by atoms with van der Waals surface area (Å²) >= 11 is 0. The zero-order chi connectivity index (χ0) is 10.1. The maximum absolute atomic E-state index is 3.11. The summed E-state index contributed by atoms with van der Waals surface area (Å²) in [6, 6.07) is 8.36. The number of nitrogens with one attached hydrogen (secondary N) is 1. The van der Waals surface area contributed by atoms with Crippen molar-refractivity contribution < 1.29 is 0 Å². The molecule has 0 radical (unpaired) electrons. The molecule has 0 spiro atoms. The lowest BCUT2D eigenvalue weighted by atomic mass is 10.1. The largest absolute Gasteiger partial charge is 0.317 e. The first kappa shape index (κ1) is 12.2. The Bertz CT molecular complexity index is 195. The standard InChI is InChI=1S/C8H10.C4H11N/c1-7-5-3-4-6-8(7)2;1-3-5-4-2/h3-6H,1-2H3;5H,3-4H2,1-2H3. The van der Waals surface area contributed by atoms with E-state index in [-0.39, 0.29) is 0 Å². The number of benzene rings is 1. The SMILES string of the molecule is CCNCC.Cc1ccccc1C. The van der Waals surface area contributed by atoms with Gasteiger partial charge in [0.1, 0.15) is 0 Å². The molecule has 0 aromatic heterocycles. The fourth-order valence-electron chi connectivity index (χ4n) is 0.913. The lowest BCUT2D eigenvalue weighted by Crippen LogP contribution is -2.09. The van der Waals surface area contributed by atoms with Gasteiger partial charge in [-0.25, -0.2) is 0 Å². The van der Waals surface area contributed by atoms with E-state index in [4.69, 9.17) is 0 Å². The van der Waals surface area contributed by atoms with Crippen LogP contribution in [-0.2, 0) is 0 Å². The average Bonchev–Trinajstić information content (AvgIpc) is 2.13. The fourth-order valence-corrected chi connectivity index (χ4v) is 0.913. The second-order valence-corrected chi connectivity index (χ2v) is 3.04. The molecular formula is C12H21N. The van der Waals surface area contributed by atoms with Crippen LogP contribution in [0.2, 0.25) is 0 Å². The van der Waals surface area contributed by atoms with Crippen molar-refractivity contribution >= 4 is 0 Å². The predicted molar refractivity (Wildman–Crippen MR) is 60.1 cm³/mol. The number of aryl methyl sites for hydroxylation is 2. The first-order chi connectivity index (χ1) is 6.22. The Labute approximate surface area is 82.2 Å². The summed E-state index contributed by atoms with van der Waals surface area (Å²) in [4.78, 5) is 0. The van der Waals surface area contributed by atoms with E-state index in [2.05, 4.69) is 57.3 Å². The van der Waals surface area contributed by atoms with E-state index < -0.39 is 0 Å². The molecule has 1 heteroatoms. The summed E-state index contributed by atoms with van der Waals surface area (Å²) in [6.45, 7) is 10.6. The van der Waals surface area contributed by atoms with E-state index in [1.807, 2.05) is 0 Å². The van der Waals surface area contributed by atoms with Crippen LogP contribution in [0.15, 0.2) is 24.3 Å². The lowest BCUT2D eigenvalue weighted by molar-refractivity contribution is 0.762. The van der Waals surface area contributed by atoms with Crippen molar-refractivity contribution in [3.05, 3.63) is 35.4 Å². The molecule has 1 N–H and O–H groups in total. The molecule has 74 valence electrons. The Hall–Kier alpha value is -0.820. The van der Waals surface area contributed by atoms with E-state index in [0.29, 0.717) is 0 Å². The third-order valence-electron chi connectivity index (χ3n) is 1.93. The third kappa shape index (κ3) is 6.35. The van der Waals surface area contributed by atoms with E-state index in [0.717, 1.165) is 13.1 Å². The normalized spacial score (nSPS) is 8.92. The van der Waals surface area contributed by atoms with Crippen LogP contribution in [0, 0.1) is 13.8 Å². The quantitative estimate of drug-likeness (QED) is 0.736. The number of hydrogen-bond acceptors (Lipinski definition) is 1. The van der Waals surface area contributed by atoms with Gasteiger partial charge in [0.05, 0.1) is 0 Å². The van der Waals surface area contributed by atoms with Crippen molar-refractivity contribution in [1.29, 1.82) is 0 Å². The van der Waals surface area contributed by atoms with Crippen molar-refractivity contribution in [3.8, 4) is 0 Å². The Morgan fingerprint density at radius 2 is 1.31 bits per heavy atom. The fraction of sp³-hybridized carbons (Fsp3) is 0.500. The predicted octanol–water partition coefficient (Wildman–Crippen LogP) is 2.92. The molecule has 0 aliphatic heterocycles. The van der Waals surface area contributed by atoms with Crippen LogP contribution >= 0.6 is 0 Å². The lowest BCUT2D eigenvalue weighted by Gasteiger charge is -1.93. The Morgan fingerprint density at radius 3 is 1.46 bits per heavy atom. The minimum absolute atomic E-state index is 1.09. The molecule has 0 saturated heterocycles. The summed E-state index contributed by atoms with van der Waals surface area (Å²) in [5, 5.41) is 3.11. The van der Waals surface area contributed by atoms with Gasteiger partial charge < -0.3 is 5.32 Å². The Morgan fingerprint density at radius 1 is 0.923 bits per heavy atom. The number of hydrogen-bond donors (Lipinski definition) is 1. The number of rotatable bonds is 2. The van der Waals surface area contributed by atoms with E-state index in [9.17, 15) is 0 Å². The van der Waals surface area contributed by atoms with Crippen LogP contribution in [0.1, 0.15) is 25.0 Å². The Balaban J connectivity index is 0.000000252. The molecule has 0 saturated carbocycles. The van der Waals surface area contributed by atoms with E-state index >= 15 is 0 Å². The molecule has 1 rings (SSSR count). The summed E-state index contributed by atoms with van der Waals surface area (Å²) in [5.41, 5.74) is 2.74. The minimum atomic E-state index is 1.09. The van der Waals surface area contributed by atoms with Crippen LogP contribution < -0.4 is 5.32 Å². The summed E-state index contributed by atoms with van der Waals surface area (Å²) in [5.74, 6) is 0. The maximum atomic E-state index is 3.11. The summed E-state index contributed by atoms with van der Waals surface area (Å²) < 4.78 is 0. The highest BCUT2D eigenvalue weighted by Gasteiger charge is 1.83. The average molecular weight is 179 g/mol. The summed E-state index contributed by atoms with van der Waals surface area (Å²) in [7, 11) is 0. The smallest absolute Gasteiger partial charge is 0.00775 e. The van der Waals surface area contributed by atoms with Gasteiger partial charge in [-0.1, -0.05) is 38.1 Å². The molecule has 0 aliphatic carbocycles. The third-order valence-corrected chi connectivity index (χ3v) is 1.93. The highest BCUT2D eigenvalue weighted by Crippen LogP contribution is 2.02. The first-order valence-corrected chi connectivity index (χ1v) is 4.95. The molecule has 0 bridgehead atoms. The van der Waals surface area contributed by atoms with Crippen molar-refractivity contribution in [1.82, 2.24) is 5.32 Å². The molecule has 13 heavy (non-hydrogen) atoms. The molecule has 0 heterocycles. The topological polar surface area (TPSA) is 12.0 Å². The van der Waals surface area contributed by atoms with Crippen molar-refractivity contribution in [2.45, 2.75) is 27.7 Å². The van der Waals surface area contributed by atoms with Gasteiger partial charge >= 0.3 is 0 Å². The monoisotopic (exact) mass is 179 g/mol. The summed E-state index contributed by atoms with van der Waals surface area (Å²) in [6.07, 6.45) is 0. The van der Waals surface area contributed by atoms with Gasteiger partial charge in [-0.15, -0.1) is 0 Å². The molecule has 1 aromatic carbocycles. The van der Waals surface area contributed by atoms with Crippen LogP contribution in [0.3, 0.4) is 0 Å². The molecule has 0 atom stereocenters. The molecule has 1 nitrogen and oxygen atoms in total. The highest BCUT2D eigenvalue weighted by atomic mass is 14.8. The van der Waals surface area contributed by atoms with Crippen LogP contribution in [0.5, 0.6) is 0 Å². The molecule has 0 aliphatic rings. The molecule has 1 aromatic rings. The van der Waals surface area contributed by atoms with Gasteiger partial charge in [-0.3, -0.25) is 0 Å². The van der Waals surface area contributed by atoms with Crippen LogP contribution in [0.4, 0.5) is 0 Å². The van der Waals surface area contributed by atoms with Crippen molar-refractivity contribution in [2.24, 2.45) is 0 Å². The molecular weight excluding hydrogens is 158 g/mol. The van der Waals surface area contributed by atoms with Gasteiger partial charge in [0.15, 0.2) is 0 Å². The van der Waals surface area contributed by atoms with Gasteiger partial charge in [0.2, 0.25) is 0 Å². The van der Waals surface area contributed by atoms with Crippen LogP contribution in [-0.4, -0.2) is 13.1 Å². The van der Waals surface area contributed by atoms with E-state index in [1.165, 1.54) is 11.1 Å². The van der Waals surface area contributed by atoms with Crippen LogP contribution in [0.25, 0.3) is 0 Å². The molecule has 0 fully saturated rings. The molecule has 0 amide bonds. The second kappa shape index (κ2) is 7.81. The zero-order valence-corrected chi connectivity index (χ0v) is 9.22. The zero-order valence-electron chi connectivity index (χ0n) is 9.22.